The molecule has 3 saturated heterocycles. The molecule has 2 aromatic carbocycles. The maximum Gasteiger partial charge on any atom is 0.264 e. The first kappa shape index (κ1) is 26.0. The summed E-state index contributed by atoms with van der Waals surface area (Å²) in [5, 5.41) is 20.9. The summed E-state index contributed by atoms with van der Waals surface area (Å²) in [6.45, 7) is 6.90. The number of benzene rings is 2. The number of aliphatic hydroxyl groups is 2. The molecule has 9 nitrogen and oxygen atoms in total. The van der Waals surface area contributed by atoms with Gasteiger partial charge in [0.2, 0.25) is 11.8 Å². The summed E-state index contributed by atoms with van der Waals surface area (Å²) < 4.78 is 6.65. The zero-order valence-electron chi connectivity index (χ0n) is 22.6. The number of carbonyl (C=O) groups is 3. The largest absolute Gasteiger partial charge is 0.396 e. The second kappa shape index (κ2) is 9.15. The molecule has 2 N–H and O–H groups in total. The van der Waals surface area contributed by atoms with Crippen molar-refractivity contribution in [2.75, 3.05) is 34.4 Å². The molecular formula is C30H35N3O6. The van der Waals surface area contributed by atoms with Crippen LogP contribution in [0, 0.1) is 11.8 Å². The Balaban J connectivity index is 1.40. The summed E-state index contributed by atoms with van der Waals surface area (Å²) in [6.07, 6.45) is 0.835. The molecule has 39 heavy (non-hydrogen) atoms. The van der Waals surface area contributed by atoms with Gasteiger partial charge in [0.1, 0.15) is 0 Å². The minimum Gasteiger partial charge on any atom is -0.396 e. The highest BCUT2D eigenvalue weighted by Crippen LogP contribution is 2.58. The van der Waals surface area contributed by atoms with Crippen molar-refractivity contribution in [2.45, 2.75) is 63.9 Å². The fourth-order valence-electron chi connectivity index (χ4n) is 6.93. The van der Waals surface area contributed by atoms with Gasteiger partial charge in [-0.15, -0.1) is 0 Å². The van der Waals surface area contributed by atoms with Crippen molar-refractivity contribution >= 4 is 34.8 Å². The Kier molecular flexibility index (Phi) is 6.09. The average molecular weight is 534 g/mol. The van der Waals surface area contributed by atoms with Crippen LogP contribution < -0.4 is 14.7 Å². The van der Waals surface area contributed by atoms with Gasteiger partial charge in [-0.1, -0.05) is 19.1 Å². The molecule has 1 spiro atoms. The minimum absolute atomic E-state index is 0.0406. The molecule has 0 radical (unpaired) electrons. The monoisotopic (exact) mass is 533 g/mol. The number of rotatable bonds is 7. The van der Waals surface area contributed by atoms with Gasteiger partial charge in [0.25, 0.3) is 5.91 Å². The SMILES string of the molecule is C[C@H]1[C@H](C(C)(C)O)[C@@H](CCO)O[C@]12C(=O)N(Cc1ccc(N3CCC3=O)cc1)c1ccc(N3CCC3=O)cc12. The van der Waals surface area contributed by atoms with Gasteiger partial charge >= 0.3 is 0 Å². The maximum atomic E-state index is 14.4. The molecule has 2 aromatic rings. The zero-order valence-corrected chi connectivity index (χ0v) is 22.6. The Hall–Kier alpha value is -3.27. The standard InChI is InChI=1S/C30H35N3O6/c1-18-27(29(2,3)38)24(12-15-34)39-30(18)22-16-21(32-14-11-26(32)36)8-9-23(22)33(28(30)37)17-19-4-6-20(7-5-19)31-13-10-25(31)35/h4-9,16,18,24,27,34,38H,10-15,17H2,1-3H3/t18-,24+,27-,30+/m0/s1. The summed E-state index contributed by atoms with van der Waals surface area (Å²) in [4.78, 5) is 43.7. The van der Waals surface area contributed by atoms with Crippen molar-refractivity contribution < 1.29 is 29.3 Å². The van der Waals surface area contributed by atoms with E-state index in [-0.39, 0.29) is 24.3 Å². The van der Waals surface area contributed by atoms with Gasteiger partial charge in [-0.25, -0.2) is 0 Å². The van der Waals surface area contributed by atoms with Crippen molar-refractivity contribution in [3.63, 3.8) is 0 Å². The van der Waals surface area contributed by atoms with Gasteiger partial charge in [-0.3, -0.25) is 14.4 Å². The van der Waals surface area contributed by atoms with Crippen LogP contribution in [-0.4, -0.2) is 59.3 Å². The van der Waals surface area contributed by atoms with Gasteiger partial charge in [-0.05, 0) is 56.2 Å². The molecule has 0 aliphatic carbocycles. The highest BCUT2D eigenvalue weighted by atomic mass is 16.5. The van der Waals surface area contributed by atoms with Crippen molar-refractivity contribution in [2.24, 2.45) is 11.8 Å². The van der Waals surface area contributed by atoms with Crippen LogP contribution in [0.1, 0.15) is 51.2 Å². The Morgan fingerprint density at radius 3 is 2.13 bits per heavy atom. The van der Waals surface area contributed by atoms with E-state index < -0.39 is 29.1 Å². The summed E-state index contributed by atoms with van der Waals surface area (Å²) in [5.74, 6) is -0.861. The van der Waals surface area contributed by atoms with Crippen LogP contribution in [0.5, 0.6) is 0 Å². The molecule has 4 atom stereocenters. The van der Waals surface area contributed by atoms with Crippen LogP contribution in [0.4, 0.5) is 17.1 Å². The van der Waals surface area contributed by atoms with Crippen molar-refractivity contribution in [3.05, 3.63) is 53.6 Å². The fraction of sp³-hybridized carbons (Fsp3) is 0.500. The smallest absolute Gasteiger partial charge is 0.264 e. The van der Waals surface area contributed by atoms with Gasteiger partial charge in [-0.2, -0.15) is 0 Å². The quantitative estimate of drug-likeness (QED) is 0.530. The Labute approximate surface area is 228 Å². The predicted molar refractivity (Wildman–Crippen MR) is 145 cm³/mol. The summed E-state index contributed by atoms with van der Waals surface area (Å²) in [7, 11) is 0. The van der Waals surface area contributed by atoms with Crippen molar-refractivity contribution in [1.29, 1.82) is 0 Å². The molecule has 3 amide bonds. The molecule has 0 aromatic heterocycles. The number of β-lactam (4-membered cyclic amide) rings is 2. The van der Waals surface area contributed by atoms with Crippen LogP contribution in [0.25, 0.3) is 0 Å². The molecule has 0 bridgehead atoms. The molecule has 4 aliphatic heterocycles. The van der Waals surface area contributed by atoms with Gasteiger partial charge < -0.3 is 29.6 Å². The highest BCUT2D eigenvalue weighted by molar-refractivity contribution is 6.09. The van der Waals surface area contributed by atoms with E-state index in [1.165, 1.54) is 0 Å². The van der Waals surface area contributed by atoms with Crippen LogP contribution >= 0.6 is 0 Å². The van der Waals surface area contributed by atoms with E-state index >= 15 is 0 Å². The fourth-order valence-corrected chi connectivity index (χ4v) is 6.93. The second-order valence-electron chi connectivity index (χ2n) is 11.7. The van der Waals surface area contributed by atoms with Crippen LogP contribution in [0.15, 0.2) is 42.5 Å². The van der Waals surface area contributed by atoms with Gasteiger partial charge in [0, 0.05) is 61.3 Å². The number of fused-ring (bicyclic) bond motifs is 2. The first-order valence-electron chi connectivity index (χ1n) is 13.7. The van der Waals surface area contributed by atoms with Gasteiger partial charge in [0.15, 0.2) is 5.60 Å². The summed E-state index contributed by atoms with van der Waals surface area (Å²) >= 11 is 0. The number of hydrogen-bond acceptors (Lipinski definition) is 6. The first-order chi connectivity index (χ1) is 18.6. The number of hydrogen-bond donors (Lipinski definition) is 2. The predicted octanol–water partition coefficient (Wildman–Crippen LogP) is 2.71. The minimum atomic E-state index is -1.35. The average Bonchev–Trinajstić information content (AvgIpc) is 3.30. The lowest BCUT2D eigenvalue weighted by Crippen LogP contribution is -2.46. The number of carbonyl (C=O) groups excluding carboxylic acids is 3. The molecule has 0 unspecified atom stereocenters. The third-order valence-corrected chi connectivity index (χ3v) is 8.98. The van der Waals surface area contributed by atoms with E-state index in [0.717, 1.165) is 16.9 Å². The number of anilines is 3. The van der Waals surface area contributed by atoms with E-state index in [1.54, 1.807) is 28.5 Å². The zero-order chi connectivity index (χ0) is 27.7. The Morgan fingerprint density at radius 2 is 1.59 bits per heavy atom. The summed E-state index contributed by atoms with van der Waals surface area (Å²) in [6, 6.07) is 13.3. The second-order valence-corrected chi connectivity index (χ2v) is 11.7. The van der Waals surface area contributed by atoms with Crippen molar-refractivity contribution in [1.82, 2.24) is 0 Å². The lowest BCUT2D eigenvalue weighted by atomic mass is 9.71. The third kappa shape index (κ3) is 3.90. The molecule has 9 heteroatoms. The van der Waals surface area contributed by atoms with E-state index in [4.69, 9.17) is 4.74 Å². The molecule has 206 valence electrons. The molecule has 6 rings (SSSR count). The third-order valence-electron chi connectivity index (χ3n) is 8.98. The molecule has 0 saturated carbocycles. The highest BCUT2D eigenvalue weighted by Gasteiger charge is 2.65. The Morgan fingerprint density at radius 1 is 0.974 bits per heavy atom. The number of aliphatic hydroxyl groups excluding tert-OH is 1. The lowest BCUT2D eigenvalue weighted by molar-refractivity contribution is -0.146. The number of nitrogens with zero attached hydrogens (tertiary/aromatic N) is 3. The molecule has 3 fully saturated rings. The van der Waals surface area contributed by atoms with Crippen LogP contribution in [0.3, 0.4) is 0 Å². The molecular weight excluding hydrogens is 498 g/mol. The first-order valence-corrected chi connectivity index (χ1v) is 13.7. The van der Waals surface area contributed by atoms with Crippen LogP contribution in [-0.2, 0) is 31.3 Å². The van der Waals surface area contributed by atoms with E-state index in [9.17, 15) is 24.6 Å². The van der Waals surface area contributed by atoms with Crippen LogP contribution in [0.2, 0.25) is 0 Å². The Bertz CT molecular complexity index is 1340. The van der Waals surface area contributed by atoms with Crippen molar-refractivity contribution in [3.8, 4) is 0 Å². The van der Waals surface area contributed by atoms with E-state index in [1.807, 2.05) is 49.4 Å². The number of ether oxygens (including phenoxy) is 1. The number of amides is 3. The lowest BCUT2D eigenvalue weighted by Gasteiger charge is -2.34. The topological polar surface area (TPSA) is 111 Å². The molecule has 4 heterocycles. The maximum absolute atomic E-state index is 14.4. The summed E-state index contributed by atoms with van der Waals surface area (Å²) in [5.41, 5.74) is 1.38. The van der Waals surface area contributed by atoms with Gasteiger partial charge in [0.05, 0.1) is 23.9 Å². The normalized spacial score (nSPS) is 28.3. The van der Waals surface area contributed by atoms with E-state index in [0.29, 0.717) is 50.1 Å². The van der Waals surface area contributed by atoms with E-state index in [2.05, 4.69) is 0 Å². The molecule has 4 aliphatic rings.